The Kier molecular flexibility index (Phi) is 12.0. The average molecular weight is 633 g/mol. The van der Waals surface area contributed by atoms with E-state index in [9.17, 15) is 18.3 Å². The highest BCUT2D eigenvalue weighted by Gasteiger charge is 2.44. The lowest BCUT2D eigenvalue weighted by Crippen LogP contribution is -2.52. The van der Waals surface area contributed by atoms with Gasteiger partial charge in [-0.2, -0.15) is 4.31 Å². The van der Waals surface area contributed by atoms with E-state index in [1.165, 1.54) is 4.31 Å². The van der Waals surface area contributed by atoms with Crippen molar-refractivity contribution in [2.45, 2.75) is 75.4 Å². The van der Waals surface area contributed by atoms with Gasteiger partial charge in [-0.1, -0.05) is 56.7 Å². The normalized spacial score (nSPS) is 21.5. The second-order valence-corrected chi connectivity index (χ2v) is 14.4. The number of nitrogens with two attached hydrogens (primary N) is 1. The van der Waals surface area contributed by atoms with Gasteiger partial charge in [0.25, 0.3) is 0 Å². The first-order valence-corrected chi connectivity index (χ1v) is 16.9. The van der Waals surface area contributed by atoms with E-state index in [0.717, 1.165) is 31.2 Å². The van der Waals surface area contributed by atoms with Gasteiger partial charge in [-0.15, -0.1) is 0 Å². The number of carbonyl (C=O) groups is 1. The van der Waals surface area contributed by atoms with Crippen LogP contribution in [0.2, 0.25) is 0 Å². The van der Waals surface area contributed by atoms with Crippen molar-refractivity contribution in [3.05, 3.63) is 60.2 Å². The zero-order valence-electron chi connectivity index (χ0n) is 26.0. The van der Waals surface area contributed by atoms with E-state index in [2.05, 4.69) is 10.6 Å². The van der Waals surface area contributed by atoms with E-state index in [1.807, 2.05) is 44.2 Å². The standard InChI is InChI=1S/C32H48N4O7S/c1-32(2,15-7-8-16-33)22-36(44(39,40)25-13-9-12-24(19-25)34-3)20-28(37)27(18-23-10-5-4-6-11-23)35-31(38)43-29-21-42-30-26(29)14-17-41-30/h4-6,9-13,19,26-30,34,37H,7-8,14-18,20-22,33H2,1-3H3,(H,35,38)/t26-,27-,28-,29-,30+/m0/s1. The minimum absolute atomic E-state index is 0.0336. The first kappa shape index (κ1) is 34.1. The molecular weight excluding hydrogens is 584 g/mol. The van der Waals surface area contributed by atoms with Gasteiger partial charge < -0.3 is 35.7 Å². The summed E-state index contributed by atoms with van der Waals surface area (Å²) in [6.45, 7) is 5.34. The van der Waals surface area contributed by atoms with E-state index in [1.54, 1.807) is 31.3 Å². The number of rotatable bonds is 16. The molecule has 244 valence electrons. The number of amides is 1. The molecule has 12 heteroatoms. The number of sulfonamides is 1. The highest BCUT2D eigenvalue weighted by molar-refractivity contribution is 7.89. The Morgan fingerprint density at radius 1 is 1.16 bits per heavy atom. The van der Waals surface area contributed by atoms with Crippen LogP contribution in [0.1, 0.15) is 45.1 Å². The van der Waals surface area contributed by atoms with Crippen molar-refractivity contribution < 1.29 is 32.5 Å². The van der Waals surface area contributed by atoms with Gasteiger partial charge >= 0.3 is 6.09 Å². The fourth-order valence-electron chi connectivity index (χ4n) is 5.87. The van der Waals surface area contributed by atoms with Gasteiger partial charge in [0.1, 0.15) is 6.10 Å². The molecule has 0 saturated carbocycles. The molecule has 0 bridgehead atoms. The van der Waals surface area contributed by atoms with Crippen LogP contribution < -0.4 is 16.4 Å². The van der Waals surface area contributed by atoms with Crippen LogP contribution >= 0.6 is 0 Å². The molecule has 2 aromatic carbocycles. The van der Waals surface area contributed by atoms with E-state index < -0.39 is 39.8 Å². The Labute approximate surface area is 261 Å². The van der Waals surface area contributed by atoms with Crippen LogP contribution in [-0.2, 0) is 30.7 Å². The van der Waals surface area contributed by atoms with Crippen LogP contribution in [0.4, 0.5) is 10.5 Å². The van der Waals surface area contributed by atoms with Crippen LogP contribution in [0, 0.1) is 11.3 Å². The third-order valence-electron chi connectivity index (χ3n) is 8.37. The SMILES string of the molecule is CNc1cccc(S(=O)(=O)N(C[C@H](O)[C@H](Cc2ccccc2)NC(=O)O[C@H]2CO[C@H]3OCC[C@H]32)CC(C)(C)CCCCN)c1. The lowest BCUT2D eigenvalue weighted by Gasteiger charge is -2.35. The Hall–Kier alpha value is -2.74. The van der Waals surface area contributed by atoms with E-state index in [0.29, 0.717) is 18.8 Å². The van der Waals surface area contributed by atoms with Crippen LogP contribution in [0.25, 0.3) is 0 Å². The predicted molar refractivity (Wildman–Crippen MR) is 169 cm³/mol. The number of carbonyl (C=O) groups excluding carboxylic acids is 1. The van der Waals surface area contributed by atoms with Crippen molar-refractivity contribution in [3.63, 3.8) is 0 Å². The summed E-state index contributed by atoms with van der Waals surface area (Å²) in [7, 11) is -2.30. The summed E-state index contributed by atoms with van der Waals surface area (Å²) >= 11 is 0. The highest BCUT2D eigenvalue weighted by atomic mass is 32.2. The molecule has 0 aromatic heterocycles. The average Bonchev–Trinajstić information content (AvgIpc) is 3.62. The van der Waals surface area contributed by atoms with Crippen molar-refractivity contribution in [3.8, 4) is 0 Å². The van der Waals surface area contributed by atoms with E-state index in [-0.39, 0.29) is 43.2 Å². The highest BCUT2D eigenvalue weighted by Crippen LogP contribution is 2.33. The fourth-order valence-corrected chi connectivity index (χ4v) is 7.56. The minimum Gasteiger partial charge on any atom is -0.443 e. The number of nitrogens with zero attached hydrogens (tertiary/aromatic N) is 1. The van der Waals surface area contributed by atoms with E-state index >= 15 is 0 Å². The van der Waals surface area contributed by atoms with Gasteiger partial charge in [0.15, 0.2) is 6.29 Å². The summed E-state index contributed by atoms with van der Waals surface area (Å²) in [5.74, 6) is -0.0336. The molecule has 44 heavy (non-hydrogen) atoms. The molecule has 4 rings (SSSR count). The number of nitrogens with one attached hydrogen (secondary N) is 2. The molecular formula is C32H48N4O7S. The van der Waals surface area contributed by atoms with Gasteiger partial charge in [0.2, 0.25) is 10.0 Å². The monoisotopic (exact) mass is 632 g/mol. The summed E-state index contributed by atoms with van der Waals surface area (Å²) in [6.07, 6.45) is 0.713. The maximum atomic E-state index is 14.1. The number of aliphatic hydroxyl groups excluding tert-OH is 1. The number of anilines is 1. The quantitative estimate of drug-likeness (QED) is 0.204. The second kappa shape index (κ2) is 15.5. The second-order valence-electron chi connectivity index (χ2n) is 12.5. The zero-order chi connectivity index (χ0) is 31.7. The molecule has 5 atom stereocenters. The smallest absolute Gasteiger partial charge is 0.407 e. The number of hydrogen-bond acceptors (Lipinski definition) is 9. The predicted octanol–water partition coefficient (Wildman–Crippen LogP) is 3.33. The number of alkyl carbamates (subject to hydrolysis) is 1. The van der Waals surface area contributed by atoms with Crippen LogP contribution in [-0.4, -0.2) is 88.4 Å². The summed E-state index contributed by atoms with van der Waals surface area (Å²) in [5.41, 5.74) is 6.85. The lowest BCUT2D eigenvalue weighted by molar-refractivity contribution is -0.0907. The van der Waals surface area contributed by atoms with Crippen molar-refractivity contribution in [2.24, 2.45) is 17.1 Å². The Morgan fingerprint density at radius 2 is 1.93 bits per heavy atom. The van der Waals surface area contributed by atoms with Gasteiger partial charge in [0.05, 0.1) is 36.2 Å². The van der Waals surface area contributed by atoms with Crippen LogP contribution in [0.3, 0.4) is 0 Å². The van der Waals surface area contributed by atoms with E-state index in [4.69, 9.17) is 19.9 Å². The number of aliphatic hydroxyl groups is 1. The minimum atomic E-state index is -4.02. The third-order valence-corrected chi connectivity index (χ3v) is 10.2. The van der Waals surface area contributed by atoms with Crippen LogP contribution in [0.15, 0.2) is 59.5 Å². The molecule has 2 heterocycles. The number of ether oxygens (including phenoxy) is 3. The Morgan fingerprint density at radius 3 is 2.66 bits per heavy atom. The molecule has 0 radical (unpaired) electrons. The van der Waals surface area contributed by atoms with Gasteiger partial charge in [-0.25, -0.2) is 13.2 Å². The molecule has 2 aliphatic heterocycles. The van der Waals surface area contributed by atoms with Gasteiger partial charge in [-0.3, -0.25) is 0 Å². The number of unbranched alkanes of at least 4 members (excludes halogenated alkanes) is 1. The Balaban J connectivity index is 1.56. The third kappa shape index (κ3) is 9.15. The van der Waals surface area contributed by atoms with Gasteiger partial charge in [0, 0.05) is 25.8 Å². The van der Waals surface area contributed by atoms with Crippen molar-refractivity contribution in [2.75, 3.05) is 45.2 Å². The van der Waals surface area contributed by atoms with Crippen molar-refractivity contribution >= 4 is 21.8 Å². The first-order chi connectivity index (χ1) is 21.0. The van der Waals surface area contributed by atoms with Crippen LogP contribution in [0.5, 0.6) is 0 Å². The fraction of sp³-hybridized carbons (Fsp3) is 0.594. The van der Waals surface area contributed by atoms with Crippen molar-refractivity contribution in [1.29, 1.82) is 0 Å². The summed E-state index contributed by atoms with van der Waals surface area (Å²) in [5, 5.41) is 17.5. The molecule has 0 aliphatic carbocycles. The molecule has 11 nitrogen and oxygen atoms in total. The molecule has 0 spiro atoms. The molecule has 1 amide bonds. The number of fused-ring (bicyclic) bond motifs is 1. The molecule has 2 fully saturated rings. The summed E-state index contributed by atoms with van der Waals surface area (Å²) < 4.78 is 46.4. The molecule has 5 N–H and O–H groups in total. The zero-order valence-corrected chi connectivity index (χ0v) is 26.8. The first-order valence-electron chi connectivity index (χ1n) is 15.4. The maximum Gasteiger partial charge on any atom is 0.407 e. The summed E-state index contributed by atoms with van der Waals surface area (Å²) in [4.78, 5) is 13.3. The molecule has 2 aliphatic rings. The Bertz CT molecular complexity index is 1310. The number of benzene rings is 2. The topological polar surface area (TPSA) is 152 Å². The lowest BCUT2D eigenvalue weighted by atomic mass is 9.87. The van der Waals surface area contributed by atoms with Gasteiger partial charge in [-0.05, 0) is 61.4 Å². The molecule has 2 aromatic rings. The maximum absolute atomic E-state index is 14.1. The molecule has 0 unspecified atom stereocenters. The largest absolute Gasteiger partial charge is 0.443 e. The summed E-state index contributed by atoms with van der Waals surface area (Å²) in [6, 6.07) is 15.2. The van der Waals surface area contributed by atoms with Crippen molar-refractivity contribution in [1.82, 2.24) is 9.62 Å². The number of hydrogen-bond donors (Lipinski definition) is 4. The molecule has 2 saturated heterocycles.